The Labute approximate surface area is 163 Å². The second kappa shape index (κ2) is 7.72. The SMILES string of the molecule is CCc1ncc(-c2ccnc(Nc3ccnc(C)n3)c2)cc1C(=O)N1CCC1. The number of hydrogen-bond acceptors (Lipinski definition) is 6. The molecule has 3 aromatic heterocycles. The molecule has 1 fully saturated rings. The van der Waals surface area contributed by atoms with Crippen LogP contribution in [-0.4, -0.2) is 43.8 Å². The highest BCUT2D eigenvalue weighted by Gasteiger charge is 2.24. The van der Waals surface area contributed by atoms with Crippen molar-refractivity contribution in [2.45, 2.75) is 26.7 Å². The highest BCUT2D eigenvalue weighted by atomic mass is 16.2. The van der Waals surface area contributed by atoms with Crippen LogP contribution in [0.25, 0.3) is 11.1 Å². The van der Waals surface area contributed by atoms with E-state index >= 15 is 0 Å². The third-order valence-electron chi connectivity index (χ3n) is 4.80. The van der Waals surface area contributed by atoms with Crippen LogP contribution in [0.2, 0.25) is 0 Å². The topological polar surface area (TPSA) is 83.9 Å². The molecule has 0 aliphatic carbocycles. The van der Waals surface area contributed by atoms with E-state index in [0.29, 0.717) is 23.0 Å². The van der Waals surface area contributed by atoms with Crippen LogP contribution in [0.4, 0.5) is 11.6 Å². The van der Waals surface area contributed by atoms with Crippen molar-refractivity contribution in [3.05, 3.63) is 59.9 Å². The Balaban J connectivity index is 1.64. The monoisotopic (exact) mass is 374 g/mol. The lowest BCUT2D eigenvalue weighted by Crippen LogP contribution is -2.42. The molecule has 3 aromatic rings. The maximum Gasteiger partial charge on any atom is 0.255 e. The number of carbonyl (C=O) groups excluding carboxylic acids is 1. The Hall–Kier alpha value is -3.35. The highest BCUT2D eigenvalue weighted by molar-refractivity contribution is 5.97. The maximum atomic E-state index is 12.8. The van der Waals surface area contributed by atoms with Crippen LogP contribution in [0.15, 0.2) is 42.9 Å². The minimum Gasteiger partial charge on any atom is -0.338 e. The summed E-state index contributed by atoms with van der Waals surface area (Å²) in [4.78, 5) is 32.0. The van der Waals surface area contributed by atoms with E-state index in [1.165, 1.54) is 0 Å². The molecule has 0 radical (unpaired) electrons. The van der Waals surface area contributed by atoms with Crippen LogP contribution in [0, 0.1) is 6.92 Å². The second-order valence-corrected chi connectivity index (χ2v) is 6.76. The predicted octanol–water partition coefficient (Wildman–Crippen LogP) is 3.39. The average Bonchev–Trinajstić information content (AvgIpc) is 2.66. The molecule has 0 bridgehead atoms. The van der Waals surface area contributed by atoms with Crippen molar-refractivity contribution in [2.75, 3.05) is 18.4 Å². The van der Waals surface area contributed by atoms with Gasteiger partial charge in [0, 0.05) is 37.2 Å². The summed E-state index contributed by atoms with van der Waals surface area (Å²) in [5.41, 5.74) is 3.36. The van der Waals surface area contributed by atoms with Crippen LogP contribution in [-0.2, 0) is 6.42 Å². The van der Waals surface area contributed by atoms with Gasteiger partial charge in [-0.3, -0.25) is 9.78 Å². The number of aryl methyl sites for hydroxylation is 2. The highest BCUT2D eigenvalue weighted by Crippen LogP contribution is 2.25. The molecule has 0 saturated carbocycles. The Morgan fingerprint density at radius 1 is 1.07 bits per heavy atom. The smallest absolute Gasteiger partial charge is 0.255 e. The third kappa shape index (κ3) is 3.69. The molecule has 1 saturated heterocycles. The molecule has 1 N–H and O–H groups in total. The zero-order valence-electron chi connectivity index (χ0n) is 16.0. The second-order valence-electron chi connectivity index (χ2n) is 6.76. The van der Waals surface area contributed by atoms with Gasteiger partial charge in [0.1, 0.15) is 17.5 Å². The minimum absolute atomic E-state index is 0.0707. The summed E-state index contributed by atoms with van der Waals surface area (Å²) in [5, 5.41) is 3.19. The van der Waals surface area contributed by atoms with Crippen molar-refractivity contribution < 1.29 is 4.79 Å². The van der Waals surface area contributed by atoms with Crippen LogP contribution < -0.4 is 5.32 Å². The van der Waals surface area contributed by atoms with Crippen molar-refractivity contribution in [3.63, 3.8) is 0 Å². The molecule has 4 rings (SSSR count). The van der Waals surface area contributed by atoms with E-state index in [-0.39, 0.29) is 5.91 Å². The van der Waals surface area contributed by atoms with Crippen LogP contribution in [0.1, 0.15) is 35.2 Å². The van der Waals surface area contributed by atoms with E-state index in [2.05, 4.69) is 25.3 Å². The number of nitrogens with zero attached hydrogens (tertiary/aromatic N) is 5. The largest absolute Gasteiger partial charge is 0.338 e. The van der Waals surface area contributed by atoms with Gasteiger partial charge in [0.05, 0.1) is 11.3 Å². The molecule has 4 heterocycles. The summed E-state index contributed by atoms with van der Waals surface area (Å²) in [6.07, 6.45) is 7.05. The number of amides is 1. The van der Waals surface area contributed by atoms with E-state index in [1.54, 1.807) is 18.5 Å². The van der Waals surface area contributed by atoms with Gasteiger partial charge in [-0.1, -0.05) is 6.92 Å². The van der Waals surface area contributed by atoms with Crippen molar-refractivity contribution >= 4 is 17.5 Å². The predicted molar refractivity (Wildman–Crippen MR) is 107 cm³/mol. The summed E-state index contributed by atoms with van der Waals surface area (Å²) < 4.78 is 0. The number of pyridine rings is 2. The lowest BCUT2D eigenvalue weighted by atomic mass is 10.0. The van der Waals surface area contributed by atoms with E-state index in [0.717, 1.165) is 42.8 Å². The van der Waals surface area contributed by atoms with Gasteiger partial charge in [-0.2, -0.15) is 0 Å². The summed E-state index contributed by atoms with van der Waals surface area (Å²) in [6.45, 7) is 5.52. The van der Waals surface area contributed by atoms with Gasteiger partial charge in [-0.05, 0) is 49.6 Å². The molecular formula is C21H22N6O. The fourth-order valence-corrected chi connectivity index (χ4v) is 3.14. The van der Waals surface area contributed by atoms with E-state index in [1.807, 2.05) is 43.1 Å². The number of nitrogens with one attached hydrogen (secondary N) is 1. The molecule has 1 aliphatic rings. The van der Waals surface area contributed by atoms with Gasteiger partial charge in [-0.25, -0.2) is 15.0 Å². The third-order valence-corrected chi connectivity index (χ3v) is 4.80. The Kier molecular flexibility index (Phi) is 4.97. The summed E-state index contributed by atoms with van der Waals surface area (Å²) in [6, 6.07) is 7.58. The number of anilines is 2. The first-order valence-electron chi connectivity index (χ1n) is 9.45. The van der Waals surface area contributed by atoms with Gasteiger partial charge in [-0.15, -0.1) is 0 Å². The Bertz CT molecular complexity index is 1020. The fraction of sp³-hybridized carbons (Fsp3) is 0.286. The van der Waals surface area contributed by atoms with Gasteiger partial charge < -0.3 is 10.2 Å². The molecular weight excluding hydrogens is 352 g/mol. The molecule has 142 valence electrons. The number of hydrogen-bond donors (Lipinski definition) is 1. The Morgan fingerprint density at radius 2 is 1.89 bits per heavy atom. The zero-order chi connectivity index (χ0) is 19.5. The lowest BCUT2D eigenvalue weighted by molar-refractivity contribution is 0.0650. The molecule has 7 heteroatoms. The maximum absolute atomic E-state index is 12.8. The molecule has 0 aromatic carbocycles. The van der Waals surface area contributed by atoms with Crippen LogP contribution in [0.5, 0.6) is 0 Å². The molecule has 0 unspecified atom stereocenters. The van der Waals surface area contributed by atoms with Gasteiger partial charge >= 0.3 is 0 Å². The molecule has 1 aliphatic heterocycles. The van der Waals surface area contributed by atoms with Gasteiger partial charge in [0.15, 0.2) is 0 Å². The Morgan fingerprint density at radius 3 is 2.61 bits per heavy atom. The molecule has 1 amide bonds. The van der Waals surface area contributed by atoms with Gasteiger partial charge in [0.2, 0.25) is 0 Å². The summed E-state index contributed by atoms with van der Waals surface area (Å²) in [5.74, 6) is 2.12. The van der Waals surface area contributed by atoms with Crippen LogP contribution in [0.3, 0.4) is 0 Å². The number of aromatic nitrogens is 4. The first-order chi connectivity index (χ1) is 13.6. The first kappa shape index (κ1) is 18.0. The van der Waals surface area contributed by atoms with E-state index < -0.39 is 0 Å². The van der Waals surface area contributed by atoms with Gasteiger partial charge in [0.25, 0.3) is 5.91 Å². The number of likely N-dealkylation sites (tertiary alicyclic amines) is 1. The molecule has 0 spiro atoms. The summed E-state index contributed by atoms with van der Waals surface area (Å²) >= 11 is 0. The lowest BCUT2D eigenvalue weighted by Gasteiger charge is -2.31. The molecule has 0 atom stereocenters. The summed E-state index contributed by atoms with van der Waals surface area (Å²) in [7, 11) is 0. The average molecular weight is 374 g/mol. The quantitative estimate of drug-likeness (QED) is 0.737. The van der Waals surface area contributed by atoms with Crippen LogP contribution >= 0.6 is 0 Å². The first-order valence-corrected chi connectivity index (χ1v) is 9.45. The normalized spacial score (nSPS) is 13.1. The molecule has 28 heavy (non-hydrogen) atoms. The van der Waals surface area contributed by atoms with Crippen molar-refractivity contribution in [1.29, 1.82) is 0 Å². The van der Waals surface area contributed by atoms with E-state index in [9.17, 15) is 4.79 Å². The van der Waals surface area contributed by atoms with Crippen molar-refractivity contribution in [2.24, 2.45) is 0 Å². The van der Waals surface area contributed by atoms with E-state index in [4.69, 9.17) is 0 Å². The zero-order valence-corrected chi connectivity index (χ0v) is 16.0. The number of rotatable bonds is 5. The number of carbonyl (C=O) groups is 1. The molecule has 7 nitrogen and oxygen atoms in total. The van der Waals surface area contributed by atoms with Crippen molar-refractivity contribution in [3.8, 4) is 11.1 Å². The fourth-order valence-electron chi connectivity index (χ4n) is 3.14. The van der Waals surface area contributed by atoms with Crippen molar-refractivity contribution in [1.82, 2.24) is 24.8 Å². The standard InChI is InChI=1S/C21H22N6O/c1-3-18-17(21(28)27-9-4-10-27)11-16(13-24-18)15-5-7-23-20(12-15)26-19-6-8-22-14(2)25-19/h5-8,11-13H,3-4,9-10H2,1-2H3,(H,22,23,25,26). The minimum atomic E-state index is 0.0707.